The Balaban J connectivity index is 1.81. The molecule has 9 nitrogen and oxygen atoms in total. The van der Waals surface area contributed by atoms with Crippen molar-refractivity contribution < 1.29 is 22.7 Å². The third-order valence-corrected chi connectivity index (χ3v) is 5.29. The third kappa shape index (κ3) is 6.03. The highest BCUT2D eigenvalue weighted by Gasteiger charge is 2.16. The number of pyridine rings is 1. The molecule has 28 heavy (non-hydrogen) atoms. The van der Waals surface area contributed by atoms with E-state index in [2.05, 4.69) is 20.3 Å². The molecule has 0 radical (unpaired) electrons. The molecular formula is C18H22N4O5S. The van der Waals surface area contributed by atoms with Crippen LogP contribution < -0.4 is 20.1 Å². The van der Waals surface area contributed by atoms with Crippen molar-refractivity contribution in [3.8, 4) is 5.88 Å². The van der Waals surface area contributed by atoms with Gasteiger partial charge in [0.05, 0.1) is 37.0 Å². The van der Waals surface area contributed by atoms with Gasteiger partial charge in [-0.05, 0) is 43.2 Å². The fourth-order valence-electron chi connectivity index (χ4n) is 2.15. The second kappa shape index (κ2) is 9.29. The molecule has 0 aliphatic carbocycles. The van der Waals surface area contributed by atoms with Crippen LogP contribution in [0.4, 0.5) is 5.69 Å². The van der Waals surface area contributed by atoms with Gasteiger partial charge in [-0.2, -0.15) is 0 Å². The highest BCUT2D eigenvalue weighted by molar-refractivity contribution is 7.89. The molecule has 1 aromatic heterocycles. The minimum atomic E-state index is -3.82. The van der Waals surface area contributed by atoms with Crippen LogP contribution in [0.2, 0.25) is 0 Å². The molecule has 2 rings (SSSR count). The number of hydrogen-bond acceptors (Lipinski definition) is 6. The number of nitrogens with zero attached hydrogens (tertiary/aromatic N) is 1. The van der Waals surface area contributed by atoms with E-state index in [1.165, 1.54) is 25.4 Å². The zero-order chi connectivity index (χ0) is 20.7. The first-order valence-electron chi connectivity index (χ1n) is 8.35. The molecule has 0 fully saturated rings. The number of sulfonamides is 1. The van der Waals surface area contributed by atoms with Crippen LogP contribution in [0.25, 0.3) is 0 Å². The number of rotatable bonds is 8. The molecule has 10 heteroatoms. The maximum Gasteiger partial charge on any atom is 0.243 e. The Morgan fingerprint density at radius 2 is 1.79 bits per heavy atom. The van der Waals surface area contributed by atoms with Crippen LogP contribution in [0.1, 0.15) is 11.1 Å². The molecule has 2 aromatic rings. The van der Waals surface area contributed by atoms with E-state index in [4.69, 9.17) is 4.74 Å². The minimum absolute atomic E-state index is 0.0770. The minimum Gasteiger partial charge on any atom is -0.481 e. The van der Waals surface area contributed by atoms with Crippen LogP contribution in [0.3, 0.4) is 0 Å². The van der Waals surface area contributed by atoms with Crippen molar-refractivity contribution >= 4 is 27.5 Å². The Kier molecular flexibility index (Phi) is 7.07. The predicted octanol–water partition coefficient (Wildman–Crippen LogP) is 0.740. The topological polar surface area (TPSA) is 126 Å². The van der Waals surface area contributed by atoms with Crippen molar-refractivity contribution in [1.82, 2.24) is 15.0 Å². The molecule has 0 spiro atoms. The van der Waals surface area contributed by atoms with Crippen LogP contribution in [0.5, 0.6) is 5.88 Å². The Bertz CT molecular complexity index is 958. The summed E-state index contributed by atoms with van der Waals surface area (Å²) < 4.78 is 31.6. The van der Waals surface area contributed by atoms with Crippen molar-refractivity contribution in [2.45, 2.75) is 18.7 Å². The second-order valence-electron chi connectivity index (χ2n) is 5.98. The fourth-order valence-corrected chi connectivity index (χ4v) is 3.21. The monoisotopic (exact) mass is 406 g/mol. The number of carbonyl (C=O) groups is 2. The molecule has 3 N–H and O–H groups in total. The van der Waals surface area contributed by atoms with Crippen LogP contribution in [0, 0.1) is 13.8 Å². The lowest BCUT2D eigenvalue weighted by molar-refractivity contribution is -0.123. The van der Waals surface area contributed by atoms with Crippen LogP contribution in [-0.2, 0) is 19.6 Å². The number of anilines is 1. The zero-order valence-corrected chi connectivity index (χ0v) is 16.6. The van der Waals surface area contributed by atoms with Crippen LogP contribution >= 0.6 is 0 Å². The molecule has 1 heterocycles. The summed E-state index contributed by atoms with van der Waals surface area (Å²) >= 11 is 0. The van der Waals surface area contributed by atoms with Gasteiger partial charge < -0.3 is 15.4 Å². The molecule has 0 saturated heterocycles. The van der Waals surface area contributed by atoms with Crippen molar-refractivity contribution in [2.75, 3.05) is 25.5 Å². The van der Waals surface area contributed by atoms with Gasteiger partial charge in [-0.25, -0.2) is 18.1 Å². The zero-order valence-electron chi connectivity index (χ0n) is 15.8. The molecule has 0 aliphatic heterocycles. The molecule has 150 valence electrons. The SMILES string of the molecule is COc1ccc(NC(=O)CNC(=O)CNS(=O)(=O)c2ccc(C)c(C)c2)cn1. The number of aryl methyl sites for hydroxylation is 2. The average molecular weight is 406 g/mol. The molecule has 2 amide bonds. The number of nitrogens with one attached hydrogen (secondary N) is 3. The summed E-state index contributed by atoms with van der Waals surface area (Å²) in [7, 11) is -2.34. The van der Waals surface area contributed by atoms with Crippen LogP contribution in [0.15, 0.2) is 41.4 Å². The van der Waals surface area contributed by atoms with E-state index >= 15 is 0 Å². The maximum atomic E-state index is 12.2. The molecule has 0 atom stereocenters. The van der Waals surface area contributed by atoms with Gasteiger partial charge in [0.15, 0.2) is 0 Å². The number of amides is 2. The third-order valence-electron chi connectivity index (χ3n) is 3.89. The van der Waals surface area contributed by atoms with E-state index in [1.54, 1.807) is 25.1 Å². The van der Waals surface area contributed by atoms with Gasteiger partial charge in [-0.3, -0.25) is 9.59 Å². The lowest BCUT2D eigenvalue weighted by atomic mass is 10.1. The van der Waals surface area contributed by atoms with Gasteiger partial charge in [0, 0.05) is 6.07 Å². The Morgan fingerprint density at radius 1 is 1.04 bits per heavy atom. The molecular weight excluding hydrogens is 384 g/mol. The Morgan fingerprint density at radius 3 is 2.39 bits per heavy atom. The molecule has 0 bridgehead atoms. The van der Waals surface area contributed by atoms with Crippen molar-refractivity contribution in [1.29, 1.82) is 0 Å². The van der Waals surface area contributed by atoms with Crippen molar-refractivity contribution in [3.05, 3.63) is 47.7 Å². The number of methoxy groups -OCH3 is 1. The highest BCUT2D eigenvalue weighted by atomic mass is 32.2. The van der Waals surface area contributed by atoms with Gasteiger partial charge in [-0.1, -0.05) is 6.07 Å². The molecule has 1 aromatic carbocycles. The Hall–Kier alpha value is -2.98. The summed E-state index contributed by atoms with van der Waals surface area (Å²) in [4.78, 5) is 27.7. The van der Waals surface area contributed by atoms with Gasteiger partial charge in [-0.15, -0.1) is 0 Å². The lowest BCUT2D eigenvalue weighted by Crippen LogP contribution is -2.40. The van der Waals surface area contributed by atoms with Gasteiger partial charge in [0.1, 0.15) is 0 Å². The number of hydrogen-bond donors (Lipinski definition) is 3. The van der Waals surface area contributed by atoms with E-state index < -0.39 is 28.4 Å². The van der Waals surface area contributed by atoms with E-state index in [9.17, 15) is 18.0 Å². The Labute approximate surface area is 163 Å². The summed E-state index contributed by atoms with van der Waals surface area (Å²) in [6.07, 6.45) is 1.41. The van der Waals surface area contributed by atoms with Gasteiger partial charge >= 0.3 is 0 Å². The lowest BCUT2D eigenvalue weighted by Gasteiger charge is -2.10. The predicted molar refractivity (Wildman–Crippen MR) is 104 cm³/mol. The summed E-state index contributed by atoms with van der Waals surface area (Å²) in [6, 6.07) is 7.88. The number of ether oxygens (including phenoxy) is 1. The van der Waals surface area contributed by atoms with E-state index in [-0.39, 0.29) is 11.4 Å². The van der Waals surface area contributed by atoms with Crippen molar-refractivity contribution in [3.63, 3.8) is 0 Å². The highest BCUT2D eigenvalue weighted by Crippen LogP contribution is 2.14. The quantitative estimate of drug-likeness (QED) is 0.594. The fraction of sp³-hybridized carbons (Fsp3) is 0.278. The molecule has 0 aliphatic rings. The first-order valence-corrected chi connectivity index (χ1v) is 9.83. The summed E-state index contributed by atoms with van der Waals surface area (Å²) in [5.41, 5.74) is 2.24. The molecule has 0 unspecified atom stereocenters. The van der Waals surface area contributed by atoms with E-state index in [0.29, 0.717) is 11.6 Å². The first-order chi connectivity index (χ1) is 13.2. The number of aromatic nitrogens is 1. The first kappa shape index (κ1) is 21.3. The van der Waals surface area contributed by atoms with E-state index in [1.807, 2.05) is 6.92 Å². The molecule has 0 saturated carbocycles. The summed E-state index contributed by atoms with van der Waals surface area (Å²) in [5, 5.41) is 4.89. The normalized spacial score (nSPS) is 11.0. The number of carbonyl (C=O) groups excluding carboxylic acids is 2. The summed E-state index contributed by atoms with van der Waals surface area (Å²) in [6.45, 7) is 2.89. The summed E-state index contributed by atoms with van der Waals surface area (Å²) in [5.74, 6) is -0.699. The smallest absolute Gasteiger partial charge is 0.243 e. The van der Waals surface area contributed by atoms with Crippen molar-refractivity contribution in [2.24, 2.45) is 0 Å². The second-order valence-corrected chi connectivity index (χ2v) is 7.75. The standard InChI is InChI=1S/C18H22N4O5S/c1-12-4-6-15(8-13(12)2)28(25,26)21-11-16(23)19-10-17(24)22-14-5-7-18(27-3)20-9-14/h4-9,21H,10-11H2,1-3H3,(H,19,23)(H,22,24). The van der Waals surface area contributed by atoms with E-state index in [0.717, 1.165) is 11.1 Å². The average Bonchev–Trinajstić information content (AvgIpc) is 2.67. The van der Waals surface area contributed by atoms with Gasteiger partial charge in [0.25, 0.3) is 0 Å². The largest absolute Gasteiger partial charge is 0.481 e. The van der Waals surface area contributed by atoms with Gasteiger partial charge in [0.2, 0.25) is 27.7 Å². The number of benzene rings is 1. The maximum absolute atomic E-state index is 12.2. The van der Waals surface area contributed by atoms with Crippen LogP contribution in [-0.4, -0.2) is 45.4 Å².